The first-order valence-corrected chi connectivity index (χ1v) is 7.69. The number of hydrogen-bond acceptors (Lipinski definition) is 5. The first kappa shape index (κ1) is 14.0. The number of urea groups is 1. The molecule has 1 aliphatic heterocycles. The van der Waals surface area contributed by atoms with Crippen LogP contribution in [0.4, 0.5) is 9.93 Å². The first-order valence-electron chi connectivity index (χ1n) is 6.81. The molecule has 1 aromatic heterocycles. The Morgan fingerprint density at radius 2 is 2.14 bits per heavy atom. The number of carbonyl (C=O) groups is 1. The van der Waals surface area contributed by atoms with E-state index in [2.05, 4.69) is 39.6 Å². The van der Waals surface area contributed by atoms with E-state index in [1.54, 1.807) is 5.51 Å². The third kappa shape index (κ3) is 3.20. The van der Waals surface area contributed by atoms with Crippen molar-refractivity contribution in [3.8, 4) is 0 Å². The molecule has 1 atom stereocenters. The zero-order chi connectivity index (χ0) is 14.7. The summed E-state index contributed by atoms with van der Waals surface area (Å²) in [6.45, 7) is 2.39. The van der Waals surface area contributed by atoms with Gasteiger partial charge in [-0.15, -0.1) is 10.2 Å². The van der Waals surface area contributed by atoms with Crippen molar-refractivity contribution in [2.24, 2.45) is 0 Å². The maximum Gasteiger partial charge on any atom is 0.324 e. The van der Waals surface area contributed by atoms with Crippen LogP contribution in [0.3, 0.4) is 0 Å². The summed E-state index contributed by atoms with van der Waals surface area (Å²) in [5.74, 6) is 0. The smallest absolute Gasteiger partial charge is 0.315 e. The van der Waals surface area contributed by atoms with Crippen molar-refractivity contribution in [1.29, 1.82) is 0 Å². The lowest BCUT2D eigenvalue weighted by Crippen LogP contribution is -2.50. The number of hydrogen-bond donors (Lipinski definition) is 1. The first-order chi connectivity index (χ1) is 10.2. The lowest BCUT2D eigenvalue weighted by molar-refractivity contribution is 0.116. The van der Waals surface area contributed by atoms with E-state index in [9.17, 15) is 4.79 Å². The fraction of sp³-hybridized carbons (Fsp3) is 0.357. The number of aromatic nitrogens is 2. The molecule has 3 rings (SSSR count). The van der Waals surface area contributed by atoms with Crippen molar-refractivity contribution in [1.82, 2.24) is 20.0 Å². The summed E-state index contributed by atoms with van der Waals surface area (Å²) in [6, 6.07) is 10.1. The number of piperazine rings is 1. The Kier molecular flexibility index (Phi) is 4.12. The Labute approximate surface area is 127 Å². The van der Waals surface area contributed by atoms with Gasteiger partial charge in [-0.2, -0.15) is 0 Å². The Bertz CT molecular complexity index is 589. The highest BCUT2D eigenvalue weighted by molar-refractivity contribution is 7.13. The lowest BCUT2D eigenvalue weighted by atomic mass is 10.0. The minimum Gasteiger partial charge on any atom is -0.315 e. The topological polar surface area (TPSA) is 61.4 Å². The summed E-state index contributed by atoms with van der Waals surface area (Å²) < 4.78 is 0. The molecular formula is C14H17N5OS. The summed E-state index contributed by atoms with van der Waals surface area (Å²) in [7, 11) is 2.08. The van der Waals surface area contributed by atoms with E-state index in [-0.39, 0.29) is 12.1 Å². The zero-order valence-corrected chi connectivity index (χ0v) is 12.6. The van der Waals surface area contributed by atoms with Crippen LogP contribution in [0.5, 0.6) is 0 Å². The summed E-state index contributed by atoms with van der Waals surface area (Å²) in [5, 5.41) is 11.0. The van der Waals surface area contributed by atoms with Crippen molar-refractivity contribution < 1.29 is 4.79 Å². The maximum atomic E-state index is 12.5. The molecule has 1 N–H and O–H groups in total. The molecular weight excluding hydrogens is 286 g/mol. The highest BCUT2D eigenvalue weighted by Gasteiger charge is 2.30. The number of nitrogens with one attached hydrogen (secondary N) is 1. The van der Waals surface area contributed by atoms with E-state index in [0.717, 1.165) is 18.7 Å². The number of nitrogens with zero attached hydrogens (tertiary/aromatic N) is 4. The standard InChI is InChI=1S/C14H17N5OS/c1-18-7-8-19(14(20)16-13-17-15-10-21-13)12(9-18)11-5-3-2-4-6-11/h2-6,10,12H,7-9H2,1H3,(H,16,17,20)/t12-/m1/s1. The summed E-state index contributed by atoms with van der Waals surface area (Å²) in [5.41, 5.74) is 2.75. The Morgan fingerprint density at radius 1 is 1.33 bits per heavy atom. The van der Waals surface area contributed by atoms with Gasteiger partial charge in [0.05, 0.1) is 6.04 Å². The monoisotopic (exact) mass is 303 g/mol. The molecule has 7 heteroatoms. The summed E-state index contributed by atoms with van der Waals surface area (Å²) >= 11 is 1.32. The van der Waals surface area contributed by atoms with Crippen molar-refractivity contribution in [2.45, 2.75) is 6.04 Å². The second kappa shape index (κ2) is 6.19. The predicted molar refractivity (Wildman–Crippen MR) is 82.3 cm³/mol. The van der Waals surface area contributed by atoms with Crippen LogP contribution in [-0.2, 0) is 0 Å². The molecule has 1 aromatic carbocycles. The number of benzene rings is 1. The largest absolute Gasteiger partial charge is 0.324 e. The molecule has 0 unspecified atom stereocenters. The van der Waals surface area contributed by atoms with Crippen LogP contribution in [0.25, 0.3) is 0 Å². The number of likely N-dealkylation sites (N-methyl/N-ethyl adjacent to an activating group) is 1. The fourth-order valence-electron chi connectivity index (χ4n) is 2.51. The predicted octanol–water partition coefficient (Wildman–Crippen LogP) is 2.06. The maximum absolute atomic E-state index is 12.5. The minimum atomic E-state index is -0.117. The van der Waals surface area contributed by atoms with Gasteiger partial charge < -0.3 is 9.80 Å². The van der Waals surface area contributed by atoms with E-state index in [1.807, 2.05) is 23.1 Å². The molecule has 1 fully saturated rings. The molecule has 2 amide bonds. The van der Waals surface area contributed by atoms with Crippen LogP contribution in [0.15, 0.2) is 35.8 Å². The molecule has 1 saturated heterocycles. The van der Waals surface area contributed by atoms with Crippen LogP contribution < -0.4 is 5.32 Å². The van der Waals surface area contributed by atoms with Crippen molar-refractivity contribution >= 4 is 22.5 Å². The SMILES string of the molecule is CN1CCN(C(=O)Nc2nncs2)[C@@H](c2ccccc2)C1. The second-order valence-corrected chi connectivity index (χ2v) is 5.89. The van der Waals surface area contributed by atoms with Gasteiger partial charge >= 0.3 is 6.03 Å². The van der Waals surface area contributed by atoms with E-state index in [1.165, 1.54) is 11.3 Å². The Balaban J connectivity index is 1.79. The Hall–Kier alpha value is -1.99. The third-order valence-corrected chi connectivity index (χ3v) is 4.21. The van der Waals surface area contributed by atoms with Gasteiger partial charge in [0.1, 0.15) is 5.51 Å². The normalized spacial score (nSPS) is 19.5. The molecule has 0 bridgehead atoms. The lowest BCUT2D eigenvalue weighted by Gasteiger charge is -2.40. The van der Waals surface area contributed by atoms with Crippen LogP contribution in [0, 0.1) is 0 Å². The van der Waals surface area contributed by atoms with Gasteiger partial charge in [-0.05, 0) is 12.6 Å². The van der Waals surface area contributed by atoms with Crippen molar-refractivity contribution in [2.75, 3.05) is 32.0 Å². The summed E-state index contributed by atoms with van der Waals surface area (Å²) in [6.07, 6.45) is 0. The second-order valence-electron chi connectivity index (χ2n) is 5.06. The van der Waals surface area contributed by atoms with Crippen LogP contribution in [0.1, 0.15) is 11.6 Å². The van der Waals surface area contributed by atoms with E-state index >= 15 is 0 Å². The van der Waals surface area contributed by atoms with Gasteiger partial charge in [-0.25, -0.2) is 4.79 Å². The molecule has 2 heterocycles. The minimum absolute atomic E-state index is 0.0536. The Morgan fingerprint density at radius 3 is 2.86 bits per heavy atom. The number of carbonyl (C=O) groups excluding carboxylic acids is 1. The average Bonchev–Trinajstić information content (AvgIpc) is 3.01. The number of amides is 2. The molecule has 21 heavy (non-hydrogen) atoms. The van der Waals surface area contributed by atoms with Gasteiger partial charge in [0.2, 0.25) is 5.13 Å². The van der Waals surface area contributed by atoms with Gasteiger partial charge in [-0.1, -0.05) is 41.7 Å². The molecule has 0 saturated carbocycles. The molecule has 6 nitrogen and oxygen atoms in total. The highest BCUT2D eigenvalue weighted by atomic mass is 32.1. The molecule has 0 aliphatic carbocycles. The van der Waals surface area contributed by atoms with Gasteiger partial charge in [0, 0.05) is 19.6 Å². The van der Waals surface area contributed by atoms with E-state index < -0.39 is 0 Å². The van der Waals surface area contributed by atoms with Gasteiger partial charge in [-0.3, -0.25) is 5.32 Å². The fourth-order valence-corrected chi connectivity index (χ4v) is 2.95. The molecule has 0 spiro atoms. The molecule has 110 valence electrons. The highest BCUT2D eigenvalue weighted by Crippen LogP contribution is 2.25. The average molecular weight is 303 g/mol. The molecule has 2 aromatic rings. The van der Waals surface area contributed by atoms with Gasteiger partial charge in [0.25, 0.3) is 0 Å². The van der Waals surface area contributed by atoms with Crippen LogP contribution in [0.2, 0.25) is 0 Å². The summed E-state index contributed by atoms with van der Waals surface area (Å²) in [4.78, 5) is 16.6. The van der Waals surface area contributed by atoms with Crippen LogP contribution >= 0.6 is 11.3 Å². The number of rotatable bonds is 2. The third-order valence-electron chi connectivity index (χ3n) is 3.60. The zero-order valence-electron chi connectivity index (χ0n) is 11.8. The molecule has 1 aliphatic rings. The van der Waals surface area contributed by atoms with Crippen LogP contribution in [-0.4, -0.2) is 52.7 Å². The van der Waals surface area contributed by atoms with E-state index in [0.29, 0.717) is 11.7 Å². The number of anilines is 1. The molecule has 0 radical (unpaired) electrons. The quantitative estimate of drug-likeness (QED) is 0.922. The van der Waals surface area contributed by atoms with Crippen molar-refractivity contribution in [3.63, 3.8) is 0 Å². The van der Waals surface area contributed by atoms with Gasteiger partial charge in [0.15, 0.2) is 0 Å². The van der Waals surface area contributed by atoms with E-state index in [4.69, 9.17) is 0 Å². The van der Waals surface area contributed by atoms with Crippen molar-refractivity contribution in [3.05, 3.63) is 41.4 Å².